The maximum Gasteiger partial charge on any atom is 0.416 e. The molecule has 4 rings (SSSR count). The molecule has 2 heterocycles. The Hall–Kier alpha value is -3.14. The number of ether oxygens (including phenoxy) is 1. The molecule has 2 aromatic carbocycles. The van der Waals surface area contributed by atoms with Crippen LogP contribution in [0.4, 0.5) is 13.2 Å². The maximum absolute atomic E-state index is 12.9. The van der Waals surface area contributed by atoms with Crippen molar-refractivity contribution in [1.29, 1.82) is 0 Å². The third-order valence-electron chi connectivity index (χ3n) is 4.15. The van der Waals surface area contributed by atoms with Crippen LogP contribution in [0.25, 0.3) is 16.9 Å². The molecule has 4 aromatic rings. The van der Waals surface area contributed by atoms with Crippen LogP contribution in [0.15, 0.2) is 59.9 Å². The first-order valence-electron chi connectivity index (χ1n) is 8.45. The molecule has 0 aliphatic rings. The van der Waals surface area contributed by atoms with Crippen LogP contribution in [0.3, 0.4) is 0 Å². The zero-order valence-electron chi connectivity index (χ0n) is 15.1. The largest absolute Gasteiger partial charge is 0.497 e. The molecule has 0 unspecified atom stereocenters. The van der Waals surface area contributed by atoms with Crippen molar-refractivity contribution in [2.45, 2.75) is 17.0 Å². The highest BCUT2D eigenvalue weighted by Crippen LogP contribution is 2.32. The fourth-order valence-electron chi connectivity index (χ4n) is 2.72. The Morgan fingerprint density at radius 1 is 1.07 bits per heavy atom. The molecule has 0 amide bonds. The molecule has 0 N–H and O–H groups in total. The van der Waals surface area contributed by atoms with E-state index in [0.29, 0.717) is 33.3 Å². The molecule has 0 fully saturated rings. The van der Waals surface area contributed by atoms with Crippen LogP contribution < -0.4 is 4.74 Å². The molecule has 0 saturated heterocycles. The Balaban J connectivity index is 1.60. The van der Waals surface area contributed by atoms with Gasteiger partial charge in [-0.2, -0.15) is 17.9 Å². The minimum Gasteiger partial charge on any atom is -0.497 e. The lowest BCUT2D eigenvalue weighted by molar-refractivity contribution is -0.137. The van der Waals surface area contributed by atoms with E-state index < -0.39 is 11.7 Å². The van der Waals surface area contributed by atoms with Gasteiger partial charge in [-0.1, -0.05) is 35.2 Å². The van der Waals surface area contributed by atoms with Crippen molar-refractivity contribution in [3.63, 3.8) is 0 Å². The number of halogens is 3. The number of methoxy groups -OCH3 is 1. The molecule has 148 valence electrons. The van der Waals surface area contributed by atoms with E-state index in [2.05, 4.69) is 20.3 Å². The highest BCUT2D eigenvalue weighted by molar-refractivity contribution is 7.98. The van der Waals surface area contributed by atoms with E-state index in [0.717, 1.165) is 17.8 Å². The van der Waals surface area contributed by atoms with Gasteiger partial charge in [0.15, 0.2) is 11.2 Å². The number of hydrogen-bond acceptors (Lipinski definition) is 6. The molecule has 0 aliphatic carbocycles. The van der Waals surface area contributed by atoms with Crippen molar-refractivity contribution in [2.75, 3.05) is 7.11 Å². The van der Waals surface area contributed by atoms with Gasteiger partial charge in [-0.3, -0.25) is 0 Å². The number of fused-ring (bicyclic) bond motifs is 1. The second-order valence-corrected chi connectivity index (χ2v) is 7.00. The fourth-order valence-corrected chi connectivity index (χ4v) is 3.59. The first kappa shape index (κ1) is 19.2. The molecular weight excluding hydrogens is 403 g/mol. The highest BCUT2D eigenvalue weighted by atomic mass is 32.2. The zero-order valence-corrected chi connectivity index (χ0v) is 15.9. The van der Waals surface area contributed by atoms with Crippen molar-refractivity contribution < 1.29 is 17.9 Å². The standard InChI is InChI=1S/C19H14F3N5OS/c1-28-15-7-5-14(6-8-15)27-17-16(25-26-27)18(24-11-23-17)29-10-12-3-2-4-13(9-12)19(20,21)22/h2-9,11H,10H2,1H3. The normalized spacial score (nSPS) is 11.7. The molecular formula is C19H14F3N5OS. The maximum atomic E-state index is 12.9. The Bertz CT molecular complexity index is 1140. The van der Waals surface area contributed by atoms with Crippen LogP contribution in [-0.2, 0) is 11.9 Å². The number of benzene rings is 2. The van der Waals surface area contributed by atoms with Crippen molar-refractivity contribution in [1.82, 2.24) is 25.0 Å². The van der Waals surface area contributed by atoms with Crippen LogP contribution in [0, 0.1) is 0 Å². The van der Waals surface area contributed by atoms with E-state index in [1.54, 1.807) is 30.0 Å². The Morgan fingerprint density at radius 2 is 1.86 bits per heavy atom. The predicted molar refractivity (Wildman–Crippen MR) is 102 cm³/mol. The average Bonchev–Trinajstić information content (AvgIpc) is 3.17. The van der Waals surface area contributed by atoms with E-state index in [1.165, 1.54) is 24.2 Å². The van der Waals surface area contributed by atoms with Gasteiger partial charge in [0.25, 0.3) is 0 Å². The lowest BCUT2D eigenvalue weighted by Crippen LogP contribution is -2.04. The summed E-state index contributed by atoms with van der Waals surface area (Å²) in [4.78, 5) is 8.48. The van der Waals surface area contributed by atoms with E-state index in [-0.39, 0.29) is 0 Å². The zero-order chi connectivity index (χ0) is 20.4. The third-order valence-corrected chi connectivity index (χ3v) is 5.20. The Kier molecular flexibility index (Phi) is 5.10. The minimum absolute atomic E-state index is 0.311. The SMILES string of the molecule is COc1ccc(-n2nnc3c(SCc4cccc(C(F)(F)F)c4)ncnc32)cc1. The molecule has 0 atom stereocenters. The van der Waals surface area contributed by atoms with E-state index in [1.807, 2.05) is 12.1 Å². The Morgan fingerprint density at radius 3 is 2.59 bits per heavy atom. The smallest absolute Gasteiger partial charge is 0.416 e. The van der Waals surface area contributed by atoms with E-state index >= 15 is 0 Å². The summed E-state index contributed by atoms with van der Waals surface area (Å²) in [6, 6.07) is 12.5. The summed E-state index contributed by atoms with van der Waals surface area (Å²) < 4.78 is 45.4. The first-order chi connectivity index (χ1) is 14.0. The van der Waals surface area contributed by atoms with Gasteiger partial charge in [0, 0.05) is 5.75 Å². The minimum atomic E-state index is -4.37. The second kappa shape index (κ2) is 7.70. The highest BCUT2D eigenvalue weighted by Gasteiger charge is 2.30. The summed E-state index contributed by atoms with van der Waals surface area (Å²) in [6.45, 7) is 0. The van der Waals surface area contributed by atoms with Gasteiger partial charge in [-0.15, -0.1) is 5.10 Å². The van der Waals surface area contributed by atoms with E-state index in [9.17, 15) is 13.2 Å². The lowest BCUT2D eigenvalue weighted by Gasteiger charge is -2.08. The molecule has 0 bridgehead atoms. The summed E-state index contributed by atoms with van der Waals surface area (Å²) in [7, 11) is 1.58. The first-order valence-corrected chi connectivity index (χ1v) is 9.44. The van der Waals surface area contributed by atoms with Gasteiger partial charge >= 0.3 is 6.18 Å². The van der Waals surface area contributed by atoms with Gasteiger partial charge in [0.1, 0.15) is 17.1 Å². The summed E-state index contributed by atoms with van der Waals surface area (Å²) in [5.41, 5.74) is 1.62. The number of hydrogen-bond donors (Lipinski definition) is 0. The summed E-state index contributed by atoms with van der Waals surface area (Å²) in [6.07, 6.45) is -2.98. The van der Waals surface area contributed by atoms with Crippen molar-refractivity contribution >= 4 is 22.9 Å². The molecule has 0 saturated carbocycles. The molecule has 0 aliphatic heterocycles. The topological polar surface area (TPSA) is 65.7 Å². The number of thioether (sulfide) groups is 1. The van der Waals surface area contributed by atoms with Gasteiger partial charge < -0.3 is 4.74 Å². The lowest BCUT2D eigenvalue weighted by atomic mass is 10.1. The quantitative estimate of drug-likeness (QED) is 0.351. The van der Waals surface area contributed by atoms with Crippen molar-refractivity contribution in [2.24, 2.45) is 0 Å². The molecule has 0 radical (unpaired) electrons. The summed E-state index contributed by atoms with van der Waals surface area (Å²) in [5.74, 6) is 1.02. The summed E-state index contributed by atoms with van der Waals surface area (Å²) >= 11 is 1.28. The average molecular weight is 417 g/mol. The number of nitrogens with zero attached hydrogens (tertiary/aromatic N) is 5. The van der Waals surface area contributed by atoms with Crippen LogP contribution in [0.5, 0.6) is 5.75 Å². The van der Waals surface area contributed by atoms with Crippen LogP contribution in [0.2, 0.25) is 0 Å². The third kappa shape index (κ3) is 4.02. The van der Waals surface area contributed by atoms with Crippen molar-refractivity contribution in [3.8, 4) is 11.4 Å². The fraction of sp³-hybridized carbons (Fsp3) is 0.158. The number of alkyl halides is 3. The molecule has 0 spiro atoms. The predicted octanol–water partition coefficient (Wildman–Crippen LogP) is 4.53. The van der Waals surface area contributed by atoms with Gasteiger partial charge in [-0.25, -0.2) is 9.97 Å². The number of aromatic nitrogens is 5. The van der Waals surface area contributed by atoms with Gasteiger partial charge in [0.2, 0.25) is 0 Å². The van der Waals surface area contributed by atoms with Gasteiger partial charge in [-0.05, 0) is 35.9 Å². The molecule has 10 heteroatoms. The molecule has 29 heavy (non-hydrogen) atoms. The van der Waals surface area contributed by atoms with Crippen molar-refractivity contribution in [3.05, 3.63) is 66.0 Å². The Labute approximate surface area is 167 Å². The van der Waals surface area contributed by atoms with Gasteiger partial charge in [0.05, 0.1) is 18.4 Å². The molecule has 2 aromatic heterocycles. The van der Waals surface area contributed by atoms with E-state index in [4.69, 9.17) is 4.74 Å². The van der Waals surface area contributed by atoms with Crippen LogP contribution in [0.1, 0.15) is 11.1 Å². The van der Waals surface area contributed by atoms with Crippen LogP contribution in [-0.4, -0.2) is 32.1 Å². The number of rotatable bonds is 5. The molecule has 6 nitrogen and oxygen atoms in total. The summed E-state index contributed by atoms with van der Waals surface area (Å²) in [5, 5.41) is 8.86. The van der Waals surface area contributed by atoms with Crippen LogP contribution >= 0.6 is 11.8 Å². The monoisotopic (exact) mass is 417 g/mol. The second-order valence-electron chi connectivity index (χ2n) is 6.04.